The Morgan fingerprint density at radius 2 is 1.90 bits per heavy atom. The fourth-order valence-electron chi connectivity index (χ4n) is 1.97. The van der Waals surface area contributed by atoms with E-state index < -0.39 is 6.04 Å². The first-order valence-corrected chi connectivity index (χ1v) is 6.25. The Kier molecular flexibility index (Phi) is 4.10. The minimum absolute atomic E-state index is 0.454. The SMILES string of the molecule is Cc1cc(-c2ccc(C#N)cc2)cnc1CC(N)C#N. The molecule has 0 radical (unpaired) electrons. The zero-order valence-electron chi connectivity index (χ0n) is 11.2. The number of nitrogens with zero attached hydrogens (tertiary/aromatic N) is 3. The summed E-state index contributed by atoms with van der Waals surface area (Å²) in [4.78, 5) is 4.39. The van der Waals surface area contributed by atoms with Gasteiger partial charge in [-0.1, -0.05) is 12.1 Å². The molecule has 1 heterocycles. The molecule has 0 saturated carbocycles. The highest BCUT2D eigenvalue weighted by Crippen LogP contribution is 2.21. The van der Waals surface area contributed by atoms with Crippen molar-refractivity contribution >= 4 is 0 Å². The molecule has 2 N–H and O–H groups in total. The maximum absolute atomic E-state index is 8.79. The van der Waals surface area contributed by atoms with Gasteiger partial charge in [-0.2, -0.15) is 10.5 Å². The van der Waals surface area contributed by atoms with Crippen LogP contribution in [0.3, 0.4) is 0 Å². The Hall–Kier alpha value is -2.69. The Morgan fingerprint density at radius 1 is 1.20 bits per heavy atom. The lowest BCUT2D eigenvalue weighted by atomic mass is 10.0. The number of benzene rings is 1. The Bertz CT molecular complexity index is 690. The van der Waals surface area contributed by atoms with Crippen LogP contribution in [0.2, 0.25) is 0 Å². The normalized spacial score (nSPS) is 11.4. The standard InChI is InChI=1S/C16H14N4/c1-11-6-14(10-20-16(11)7-15(19)9-18)13-4-2-12(8-17)3-5-13/h2-6,10,15H,7,19H2,1H3. The van der Waals surface area contributed by atoms with Gasteiger partial charge in [-0.15, -0.1) is 0 Å². The fraction of sp³-hybridized carbons (Fsp3) is 0.188. The van der Waals surface area contributed by atoms with Crippen LogP contribution in [0.25, 0.3) is 11.1 Å². The average Bonchev–Trinajstić information content (AvgIpc) is 2.49. The van der Waals surface area contributed by atoms with Crippen molar-refractivity contribution in [2.45, 2.75) is 19.4 Å². The highest BCUT2D eigenvalue weighted by Gasteiger charge is 2.08. The van der Waals surface area contributed by atoms with E-state index in [9.17, 15) is 0 Å². The molecule has 20 heavy (non-hydrogen) atoms. The van der Waals surface area contributed by atoms with E-state index in [1.165, 1.54) is 0 Å². The van der Waals surface area contributed by atoms with E-state index in [0.717, 1.165) is 22.4 Å². The van der Waals surface area contributed by atoms with Crippen LogP contribution in [-0.2, 0) is 6.42 Å². The van der Waals surface area contributed by atoms with Crippen molar-refractivity contribution < 1.29 is 0 Å². The number of rotatable bonds is 3. The monoisotopic (exact) mass is 262 g/mol. The molecule has 0 spiro atoms. The third-order valence-electron chi connectivity index (χ3n) is 3.11. The maximum atomic E-state index is 8.79. The zero-order valence-corrected chi connectivity index (χ0v) is 11.2. The molecular weight excluding hydrogens is 248 g/mol. The molecular formula is C16H14N4. The molecule has 4 nitrogen and oxygen atoms in total. The molecule has 0 aliphatic rings. The van der Waals surface area contributed by atoms with E-state index in [1.54, 1.807) is 18.3 Å². The predicted octanol–water partition coefficient (Wildman–Crippen LogP) is 2.32. The Morgan fingerprint density at radius 3 is 2.45 bits per heavy atom. The van der Waals surface area contributed by atoms with E-state index >= 15 is 0 Å². The summed E-state index contributed by atoms with van der Waals surface area (Å²) in [5, 5.41) is 17.5. The van der Waals surface area contributed by atoms with Crippen LogP contribution in [0.1, 0.15) is 16.8 Å². The maximum Gasteiger partial charge on any atom is 0.0991 e. The van der Waals surface area contributed by atoms with Gasteiger partial charge in [0.25, 0.3) is 0 Å². The summed E-state index contributed by atoms with van der Waals surface area (Å²) >= 11 is 0. The lowest BCUT2D eigenvalue weighted by Crippen LogP contribution is -2.21. The summed E-state index contributed by atoms with van der Waals surface area (Å²) in [7, 11) is 0. The van der Waals surface area contributed by atoms with Gasteiger partial charge in [-0.25, -0.2) is 0 Å². The Labute approximate surface area is 118 Å². The molecule has 1 aromatic heterocycles. The van der Waals surface area contributed by atoms with E-state index in [1.807, 2.05) is 31.2 Å². The molecule has 0 saturated heterocycles. The second kappa shape index (κ2) is 5.97. The van der Waals surface area contributed by atoms with E-state index in [4.69, 9.17) is 16.3 Å². The summed E-state index contributed by atoms with van der Waals surface area (Å²) in [5.74, 6) is 0. The summed E-state index contributed by atoms with van der Waals surface area (Å²) in [6.07, 6.45) is 2.23. The van der Waals surface area contributed by atoms with Gasteiger partial charge < -0.3 is 5.73 Å². The summed E-state index contributed by atoms with van der Waals surface area (Å²) in [6, 6.07) is 13.0. The molecule has 2 rings (SSSR count). The van der Waals surface area contributed by atoms with Crippen molar-refractivity contribution in [1.29, 1.82) is 10.5 Å². The first-order valence-electron chi connectivity index (χ1n) is 6.25. The smallest absolute Gasteiger partial charge is 0.0991 e. The first-order chi connectivity index (χ1) is 9.63. The van der Waals surface area contributed by atoms with Gasteiger partial charge >= 0.3 is 0 Å². The second-order valence-corrected chi connectivity index (χ2v) is 4.62. The molecule has 0 aliphatic heterocycles. The van der Waals surface area contributed by atoms with Gasteiger partial charge in [0.05, 0.1) is 23.7 Å². The van der Waals surface area contributed by atoms with Crippen molar-refractivity contribution in [3.05, 3.63) is 53.3 Å². The highest BCUT2D eigenvalue weighted by molar-refractivity contribution is 5.64. The van der Waals surface area contributed by atoms with Gasteiger partial charge in [0, 0.05) is 23.9 Å². The largest absolute Gasteiger partial charge is 0.316 e. The van der Waals surface area contributed by atoms with Crippen molar-refractivity contribution in [2.24, 2.45) is 5.73 Å². The van der Waals surface area contributed by atoms with Crippen LogP contribution < -0.4 is 5.73 Å². The van der Waals surface area contributed by atoms with Gasteiger partial charge in [0.1, 0.15) is 0 Å². The third kappa shape index (κ3) is 3.00. The number of pyridine rings is 1. The third-order valence-corrected chi connectivity index (χ3v) is 3.11. The highest BCUT2D eigenvalue weighted by atomic mass is 14.7. The van der Waals surface area contributed by atoms with Gasteiger partial charge in [0.15, 0.2) is 0 Å². The molecule has 4 heteroatoms. The fourth-order valence-corrected chi connectivity index (χ4v) is 1.97. The molecule has 0 bridgehead atoms. The summed E-state index contributed by atoms with van der Waals surface area (Å²) in [6.45, 7) is 1.96. The van der Waals surface area contributed by atoms with E-state index in [0.29, 0.717) is 12.0 Å². The van der Waals surface area contributed by atoms with Crippen molar-refractivity contribution in [2.75, 3.05) is 0 Å². The van der Waals surface area contributed by atoms with Crippen LogP contribution in [0.5, 0.6) is 0 Å². The number of aryl methyl sites for hydroxylation is 1. The molecule has 1 aromatic carbocycles. The van der Waals surface area contributed by atoms with Crippen molar-refractivity contribution in [1.82, 2.24) is 4.98 Å². The zero-order chi connectivity index (χ0) is 14.5. The van der Waals surface area contributed by atoms with Gasteiger partial charge in [-0.3, -0.25) is 4.98 Å². The quantitative estimate of drug-likeness (QED) is 0.919. The topological polar surface area (TPSA) is 86.5 Å². The lowest BCUT2D eigenvalue weighted by molar-refractivity contribution is 0.793. The van der Waals surface area contributed by atoms with E-state index in [2.05, 4.69) is 11.1 Å². The minimum atomic E-state index is -0.526. The van der Waals surface area contributed by atoms with Crippen molar-refractivity contribution in [3.8, 4) is 23.3 Å². The van der Waals surface area contributed by atoms with Gasteiger partial charge in [-0.05, 0) is 36.2 Å². The minimum Gasteiger partial charge on any atom is -0.316 e. The van der Waals surface area contributed by atoms with E-state index in [-0.39, 0.29) is 0 Å². The second-order valence-electron chi connectivity index (χ2n) is 4.62. The van der Waals surface area contributed by atoms with Crippen LogP contribution in [0.15, 0.2) is 36.5 Å². The number of hydrogen-bond donors (Lipinski definition) is 1. The molecule has 1 atom stereocenters. The molecule has 98 valence electrons. The molecule has 0 aliphatic carbocycles. The van der Waals surface area contributed by atoms with Gasteiger partial charge in [0.2, 0.25) is 0 Å². The van der Waals surface area contributed by atoms with Crippen LogP contribution in [0, 0.1) is 29.6 Å². The number of hydrogen-bond acceptors (Lipinski definition) is 4. The lowest BCUT2D eigenvalue weighted by Gasteiger charge is -2.09. The average molecular weight is 262 g/mol. The molecule has 1 unspecified atom stereocenters. The van der Waals surface area contributed by atoms with Crippen LogP contribution in [0.4, 0.5) is 0 Å². The van der Waals surface area contributed by atoms with Crippen LogP contribution in [-0.4, -0.2) is 11.0 Å². The molecule has 0 fully saturated rings. The number of nitriles is 2. The van der Waals surface area contributed by atoms with Crippen LogP contribution >= 0.6 is 0 Å². The first kappa shape index (κ1) is 13.7. The summed E-state index contributed by atoms with van der Waals surface area (Å²) in [5.41, 5.74) is 10.1. The molecule has 2 aromatic rings. The molecule has 0 amide bonds. The summed E-state index contributed by atoms with van der Waals surface area (Å²) < 4.78 is 0. The number of nitrogens with two attached hydrogens (primary N) is 1. The predicted molar refractivity (Wildman–Crippen MR) is 76.4 cm³/mol. The number of aromatic nitrogens is 1. The Balaban J connectivity index is 2.28. The van der Waals surface area contributed by atoms with Crippen molar-refractivity contribution in [3.63, 3.8) is 0 Å².